The minimum Gasteiger partial charge on any atom is -0.359 e. The molecule has 2 amide bonds. The number of carbonyl (C=O) groups is 2. The quantitative estimate of drug-likeness (QED) is 0.464. The Hall–Kier alpha value is -1.36. The summed E-state index contributed by atoms with van der Waals surface area (Å²) in [6.45, 7) is 9.27. The summed E-state index contributed by atoms with van der Waals surface area (Å²) >= 11 is 0. The average molecular weight is 243 g/mol. The van der Waals surface area contributed by atoms with E-state index in [1.165, 1.54) is 6.08 Å². The van der Waals surface area contributed by atoms with Gasteiger partial charge in [0.25, 0.3) is 0 Å². The molecule has 0 bridgehead atoms. The van der Waals surface area contributed by atoms with E-state index in [2.05, 4.69) is 36.4 Å². The van der Waals surface area contributed by atoms with Crippen molar-refractivity contribution in [3.63, 3.8) is 0 Å². The summed E-state index contributed by atoms with van der Waals surface area (Å²) in [7, 11) is 3.22. The summed E-state index contributed by atoms with van der Waals surface area (Å²) in [6, 6.07) is 0. The number of likely N-dealkylation sites (N-methyl/N-ethyl adjacent to an activating group) is 1. The maximum atomic E-state index is 10.7. The van der Waals surface area contributed by atoms with Crippen LogP contribution in [0.4, 0.5) is 0 Å². The van der Waals surface area contributed by atoms with Crippen molar-refractivity contribution in [1.82, 2.24) is 16.0 Å². The first-order valence-corrected chi connectivity index (χ1v) is 5.73. The Bertz CT molecular complexity index is 228. The summed E-state index contributed by atoms with van der Waals surface area (Å²) in [5.74, 6) is 0.607. The first-order valence-electron chi connectivity index (χ1n) is 5.73. The van der Waals surface area contributed by atoms with Crippen LogP contribution in [0.3, 0.4) is 0 Å². The van der Waals surface area contributed by atoms with Crippen molar-refractivity contribution in [1.29, 1.82) is 0 Å². The molecule has 5 heteroatoms. The molecule has 0 atom stereocenters. The third-order valence-electron chi connectivity index (χ3n) is 1.79. The zero-order valence-electron chi connectivity index (χ0n) is 11.3. The van der Waals surface area contributed by atoms with E-state index in [0.29, 0.717) is 12.3 Å². The lowest BCUT2D eigenvalue weighted by molar-refractivity contribution is -0.120. The van der Waals surface area contributed by atoms with Crippen molar-refractivity contribution < 1.29 is 9.59 Å². The van der Waals surface area contributed by atoms with Gasteiger partial charge in [0.15, 0.2) is 0 Å². The Balaban J connectivity index is 0. The monoisotopic (exact) mass is 243 g/mol. The van der Waals surface area contributed by atoms with E-state index in [1.807, 2.05) is 0 Å². The molecule has 0 aromatic rings. The lowest BCUT2D eigenvalue weighted by Gasteiger charge is -2.05. The molecule has 0 heterocycles. The lowest BCUT2D eigenvalue weighted by atomic mass is 10.2. The third kappa shape index (κ3) is 17.3. The van der Waals surface area contributed by atoms with Crippen molar-refractivity contribution in [2.45, 2.75) is 20.3 Å². The molecule has 0 radical (unpaired) electrons. The van der Waals surface area contributed by atoms with Crippen molar-refractivity contribution in [2.24, 2.45) is 5.92 Å². The molecule has 0 aromatic carbocycles. The highest BCUT2D eigenvalue weighted by Gasteiger charge is 1.96. The van der Waals surface area contributed by atoms with E-state index in [1.54, 1.807) is 14.1 Å². The van der Waals surface area contributed by atoms with Crippen molar-refractivity contribution in [3.8, 4) is 0 Å². The Morgan fingerprint density at radius 1 is 1.24 bits per heavy atom. The second-order valence-electron chi connectivity index (χ2n) is 3.84. The molecule has 0 spiro atoms. The fourth-order valence-electron chi connectivity index (χ4n) is 0.820. The summed E-state index contributed by atoms with van der Waals surface area (Å²) in [6.07, 6.45) is 1.79. The molecule has 0 aliphatic rings. The van der Waals surface area contributed by atoms with Crippen LogP contribution in [0.25, 0.3) is 0 Å². The van der Waals surface area contributed by atoms with Crippen molar-refractivity contribution in [2.75, 3.05) is 27.2 Å². The molecule has 0 aromatic heterocycles. The van der Waals surface area contributed by atoms with Crippen molar-refractivity contribution in [3.05, 3.63) is 12.7 Å². The average Bonchev–Trinajstić information content (AvgIpc) is 2.33. The predicted octanol–water partition coefficient (Wildman–Crippen LogP) is 0.287. The number of hydrogen-bond donors (Lipinski definition) is 3. The highest BCUT2D eigenvalue weighted by atomic mass is 16.2. The van der Waals surface area contributed by atoms with Crippen LogP contribution in [0, 0.1) is 5.92 Å². The molecule has 5 nitrogen and oxygen atoms in total. The van der Waals surface area contributed by atoms with E-state index in [4.69, 9.17) is 0 Å². The molecule has 0 aliphatic carbocycles. The van der Waals surface area contributed by atoms with Gasteiger partial charge in [-0.1, -0.05) is 20.4 Å². The molecular weight excluding hydrogens is 218 g/mol. The van der Waals surface area contributed by atoms with Crippen LogP contribution < -0.4 is 16.0 Å². The van der Waals surface area contributed by atoms with Gasteiger partial charge in [-0.15, -0.1) is 0 Å². The van der Waals surface area contributed by atoms with Gasteiger partial charge >= 0.3 is 0 Å². The third-order valence-corrected chi connectivity index (χ3v) is 1.79. The second kappa shape index (κ2) is 12.7. The van der Waals surface area contributed by atoms with E-state index in [9.17, 15) is 9.59 Å². The van der Waals surface area contributed by atoms with E-state index < -0.39 is 0 Å². The van der Waals surface area contributed by atoms with Gasteiger partial charge in [-0.2, -0.15) is 0 Å². The minimum atomic E-state index is -0.144. The second-order valence-corrected chi connectivity index (χ2v) is 3.84. The molecule has 0 saturated heterocycles. The van der Waals surface area contributed by atoms with Crippen LogP contribution in [0.5, 0.6) is 0 Å². The van der Waals surface area contributed by atoms with Crippen LogP contribution in [0.15, 0.2) is 12.7 Å². The molecular formula is C12H25N3O2. The standard InChI is InChI=1S/C8H18N2O.C4H7NO/c1-7(2)6-10-5-4-8(11)9-3;1-3-4(6)5-2/h7,10H,4-6H2,1-3H3,(H,9,11);3H,1H2,2H3,(H,5,6). The van der Waals surface area contributed by atoms with E-state index >= 15 is 0 Å². The molecule has 0 fully saturated rings. The van der Waals surface area contributed by atoms with Crippen LogP contribution >= 0.6 is 0 Å². The number of carbonyl (C=O) groups excluding carboxylic acids is 2. The van der Waals surface area contributed by atoms with Crippen molar-refractivity contribution >= 4 is 11.8 Å². The fourth-order valence-corrected chi connectivity index (χ4v) is 0.820. The topological polar surface area (TPSA) is 70.2 Å². The molecule has 0 unspecified atom stereocenters. The Labute approximate surface area is 104 Å². The van der Waals surface area contributed by atoms with Gasteiger partial charge < -0.3 is 16.0 Å². The van der Waals surface area contributed by atoms with Gasteiger partial charge in [0.05, 0.1) is 0 Å². The van der Waals surface area contributed by atoms with Gasteiger partial charge in [0.1, 0.15) is 0 Å². The Morgan fingerprint density at radius 3 is 2.12 bits per heavy atom. The first-order chi connectivity index (χ1) is 7.97. The molecule has 17 heavy (non-hydrogen) atoms. The summed E-state index contributed by atoms with van der Waals surface area (Å²) in [5.41, 5.74) is 0. The SMILES string of the molecule is C=CC(=O)NC.CNC(=O)CCNCC(C)C. The van der Waals surface area contributed by atoms with Gasteiger partial charge in [-0.05, 0) is 18.5 Å². The smallest absolute Gasteiger partial charge is 0.243 e. The predicted molar refractivity (Wildman–Crippen MR) is 70.7 cm³/mol. The van der Waals surface area contributed by atoms with Crippen LogP contribution in [0.1, 0.15) is 20.3 Å². The van der Waals surface area contributed by atoms with E-state index in [-0.39, 0.29) is 11.8 Å². The summed E-state index contributed by atoms with van der Waals surface area (Å²) in [5, 5.41) is 8.12. The fraction of sp³-hybridized carbons (Fsp3) is 0.667. The number of hydrogen-bond acceptors (Lipinski definition) is 3. The van der Waals surface area contributed by atoms with Gasteiger partial charge in [-0.25, -0.2) is 0 Å². The maximum absolute atomic E-state index is 10.7. The molecule has 100 valence electrons. The maximum Gasteiger partial charge on any atom is 0.243 e. The Kier molecular flexibility index (Phi) is 13.5. The van der Waals surface area contributed by atoms with Gasteiger partial charge in [0, 0.05) is 27.1 Å². The van der Waals surface area contributed by atoms with Crippen LogP contribution in [-0.2, 0) is 9.59 Å². The zero-order valence-corrected chi connectivity index (χ0v) is 11.3. The minimum absolute atomic E-state index is 0.0984. The molecule has 0 aliphatic heterocycles. The van der Waals surface area contributed by atoms with Gasteiger partial charge in [0.2, 0.25) is 11.8 Å². The lowest BCUT2D eigenvalue weighted by Crippen LogP contribution is -2.26. The molecule has 3 N–H and O–H groups in total. The highest BCUT2D eigenvalue weighted by Crippen LogP contribution is 1.86. The Morgan fingerprint density at radius 2 is 1.82 bits per heavy atom. The van der Waals surface area contributed by atoms with Crippen LogP contribution in [0.2, 0.25) is 0 Å². The number of amides is 2. The number of rotatable bonds is 6. The van der Waals surface area contributed by atoms with E-state index in [0.717, 1.165) is 13.1 Å². The first kappa shape index (κ1) is 18.0. The largest absolute Gasteiger partial charge is 0.359 e. The highest BCUT2D eigenvalue weighted by molar-refractivity contribution is 5.86. The normalized spacial score (nSPS) is 9.00. The van der Waals surface area contributed by atoms with Gasteiger partial charge in [-0.3, -0.25) is 9.59 Å². The summed E-state index contributed by atoms with van der Waals surface area (Å²) < 4.78 is 0. The zero-order chi connectivity index (χ0) is 13.7. The summed E-state index contributed by atoms with van der Waals surface area (Å²) in [4.78, 5) is 20.7. The molecule has 0 rings (SSSR count). The van der Waals surface area contributed by atoms with Crippen LogP contribution in [-0.4, -0.2) is 39.0 Å². The molecule has 0 saturated carbocycles. The number of nitrogens with one attached hydrogen (secondary N) is 3.